The van der Waals surface area contributed by atoms with E-state index in [1.54, 1.807) is 0 Å². The number of benzene rings is 2. The number of fused-ring (bicyclic) bond motifs is 1. The molecule has 0 aliphatic carbocycles. The molecule has 1 aromatic heterocycles. The molecule has 2 nitrogen and oxygen atoms in total. The number of aryl methyl sites for hydroxylation is 1. The van der Waals surface area contributed by atoms with Gasteiger partial charge in [-0.1, -0.05) is 36.4 Å². The number of nitrogens with zero attached hydrogens (tertiary/aromatic N) is 2. The zero-order valence-electron chi connectivity index (χ0n) is 10.8. The molecule has 0 radical (unpaired) electrons. The average Bonchev–Trinajstić information content (AvgIpc) is 2.74. The van der Waals surface area contributed by atoms with Crippen LogP contribution in [0.3, 0.4) is 0 Å². The van der Waals surface area contributed by atoms with E-state index in [-0.39, 0.29) is 0 Å². The molecule has 3 rings (SSSR count). The molecule has 0 saturated carbocycles. The van der Waals surface area contributed by atoms with Crippen molar-refractivity contribution in [2.75, 3.05) is 0 Å². The summed E-state index contributed by atoms with van der Waals surface area (Å²) in [6.07, 6.45) is 0.426. The Hall–Kier alpha value is -2.53. The molecule has 0 saturated heterocycles. The lowest BCUT2D eigenvalue weighted by molar-refractivity contribution is 0.994. The third-order valence-corrected chi connectivity index (χ3v) is 3.51. The molecule has 2 aromatic carbocycles. The van der Waals surface area contributed by atoms with Crippen LogP contribution in [0.2, 0.25) is 0 Å². The van der Waals surface area contributed by atoms with Crippen LogP contribution in [-0.2, 0) is 6.42 Å². The number of hydrogen-bond donors (Lipinski definition) is 0. The van der Waals surface area contributed by atoms with E-state index in [2.05, 4.69) is 41.8 Å². The molecule has 0 unspecified atom stereocenters. The molecule has 0 bridgehead atoms. The highest BCUT2D eigenvalue weighted by molar-refractivity contribution is 5.87. The van der Waals surface area contributed by atoms with E-state index in [9.17, 15) is 0 Å². The van der Waals surface area contributed by atoms with Crippen LogP contribution in [0.5, 0.6) is 0 Å². The van der Waals surface area contributed by atoms with Crippen LogP contribution >= 0.6 is 0 Å². The fourth-order valence-corrected chi connectivity index (χ4v) is 2.61. The molecule has 1 heterocycles. The molecule has 0 amide bonds. The predicted octanol–water partition coefficient (Wildman–Crippen LogP) is 4.01. The normalized spacial score (nSPS) is 10.5. The van der Waals surface area contributed by atoms with Crippen molar-refractivity contribution in [1.82, 2.24) is 4.57 Å². The van der Waals surface area contributed by atoms with E-state index in [4.69, 9.17) is 5.26 Å². The van der Waals surface area contributed by atoms with E-state index < -0.39 is 0 Å². The Labute approximate surface area is 112 Å². The monoisotopic (exact) mass is 246 g/mol. The van der Waals surface area contributed by atoms with Crippen LogP contribution in [0.25, 0.3) is 16.6 Å². The molecule has 0 aliphatic heterocycles. The summed E-state index contributed by atoms with van der Waals surface area (Å²) in [5.74, 6) is 0. The molecule has 0 spiro atoms. The SMILES string of the molecule is Cc1c(CC#N)n(-c2ccccc2)c2ccccc12. The van der Waals surface area contributed by atoms with E-state index in [1.165, 1.54) is 10.9 Å². The number of hydrogen-bond acceptors (Lipinski definition) is 1. The van der Waals surface area contributed by atoms with Gasteiger partial charge in [-0.3, -0.25) is 0 Å². The minimum atomic E-state index is 0.426. The van der Waals surface area contributed by atoms with Crippen LogP contribution in [0, 0.1) is 18.3 Å². The molecule has 0 atom stereocenters. The lowest BCUT2D eigenvalue weighted by Crippen LogP contribution is -2.00. The van der Waals surface area contributed by atoms with Crippen molar-refractivity contribution in [2.45, 2.75) is 13.3 Å². The maximum Gasteiger partial charge on any atom is 0.0761 e. The highest BCUT2D eigenvalue weighted by Gasteiger charge is 2.14. The lowest BCUT2D eigenvalue weighted by atomic mass is 10.1. The first kappa shape index (κ1) is 11.6. The second-order valence-corrected chi connectivity index (χ2v) is 4.59. The fraction of sp³-hybridized carbons (Fsp3) is 0.118. The topological polar surface area (TPSA) is 28.7 Å². The minimum Gasteiger partial charge on any atom is -0.312 e. The van der Waals surface area contributed by atoms with Gasteiger partial charge in [0.05, 0.1) is 18.0 Å². The van der Waals surface area contributed by atoms with E-state index in [1.807, 2.05) is 30.3 Å². The Balaban J connectivity index is 2.39. The Morgan fingerprint density at radius 2 is 1.68 bits per heavy atom. The molecule has 2 heteroatoms. The summed E-state index contributed by atoms with van der Waals surface area (Å²) < 4.78 is 2.19. The van der Waals surface area contributed by atoms with Gasteiger partial charge in [0.2, 0.25) is 0 Å². The summed E-state index contributed by atoms with van der Waals surface area (Å²) in [6.45, 7) is 2.09. The predicted molar refractivity (Wildman–Crippen MR) is 77.3 cm³/mol. The van der Waals surface area contributed by atoms with Gasteiger partial charge in [-0.05, 0) is 30.7 Å². The van der Waals surface area contributed by atoms with Gasteiger partial charge in [-0.15, -0.1) is 0 Å². The first-order chi connectivity index (χ1) is 9.33. The van der Waals surface area contributed by atoms with Crippen LogP contribution in [0.15, 0.2) is 54.6 Å². The van der Waals surface area contributed by atoms with Gasteiger partial charge < -0.3 is 4.57 Å². The molecule has 0 N–H and O–H groups in total. The zero-order valence-corrected chi connectivity index (χ0v) is 10.8. The standard InChI is InChI=1S/C17H14N2/c1-13-15-9-5-6-10-17(15)19(16(13)11-12-18)14-7-3-2-4-8-14/h2-10H,11H2,1H3. The van der Waals surface area contributed by atoms with Gasteiger partial charge in [0.1, 0.15) is 0 Å². The van der Waals surface area contributed by atoms with E-state index in [0.717, 1.165) is 16.9 Å². The molecule has 3 aromatic rings. The maximum absolute atomic E-state index is 9.08. The Morgan fingerprint density at radius 1 is 1.00 bits per heavy atom. The summed E-state index contributed by atoms with van der Waals surface area (Å²) in [4.78, 5) is 0. The number of nitriles is 1. The summed E-state index contributed by atoms with van der Waals surface area (Å²) in [5.41, 5.74) is 4.55. The van der Waals surface area contributed by atoms with Crippen LogP contribution in [0.1, 0.15) is 11.3 Å². The van der Waals surface area contributed by atoms with Gasteiger partial charge in [0, 0.05) is 16.8 Å². The van der Waals surface area contributed by atoms with Gasteiger partial charge in [-0.2, -0.15) is 5.26 Å². The molecule has 19 heavy (non-hydrogen) atoms. The van der Waals surface area contributed by atoms with Crippen molar-refractivity contribution in [3.8, 4) is 11.8 Å². The fourth-order valence-electron chi connectivity index (χ4n) is 2.61. The average molecular weight is 246 g/mol. The van der Waals surface area contributed by atoms with Crippen molar-refractivity contribution in [3.05, 3.63) is 65.9 Å². The molecule has 0 fully saturated rings. The minimum absolute atomic E-state index is 0.426. The van der Waals surface area contributed by atoms with Crippen molar-refractivity contribution in [3.63, 3.8) is 0 Å². The molecular formula is C17H14N2. The van der Waals surface area contributed by atoms with Gasteiger partial charge >= 0.3 is 0 Å². The van der Waals surface area contributed by atoms with Crippen molar-refractivity contribution < 1.29 is 0 Å². The van der Waals surface area contributed by atoms with Crippen molar-refractivity contribution in [2.24, 2.45) is 0 Å². The molecule has 0 aliphatic rings. The highest BCUT2D eigenvalue weighted by Crippen LogP contribution is 2.29. The smallest absolute Gasteiger partial charge is 0.0761 e. The third kappa shape index (κ3) is 1.80. The first-order valence-electron chi connectivity index (χ1n) is 6.34. The second kappa shape index (κ2) is 4.62. The Bertz CT molecular complexity index is 761. The molecular weight excluding hydrogens is 232 g/mol. The Morgan fingerprint density at radius 3 is 2.42 bits per heavy atom. The second-order valence-electron chi connectivity index (χ2n) is 4.59. The molecule has 92 valence electrons. The largest absolute Gasteiger partial charge is 0.312 e. The third-order valence-electron chi connectivity index (χ3n) is 3.51. The van der Waals surface area contributed by atoms with Crippen LogP contribution in [-0.4, -0.2) is 4.57 Å². The summed E-state index contributed by atoms with van der Waals surface area (Å²) >= 11 is 0. The lowest BCUT2D eigenvalue weighted by Gasteiger charge is -2.09. The van der Waals surface area contributed by atoms with Crippen LogP contribution in [0.4, 0.5) is 0 Å². The van der Waals surface area contributed by atoms with Crippen molar-refractivity contribution >= 4 is 10.9 Å². The maximum atomic E-state index is 9.08. The summed E-state index contributed by atoms with van der Waals surface area (Å²) in [7, 11) is 0. The number of para-hydroxylation sites is 2. The van der Waals surface area contributed by atoms with Crippen LogP contribution < -0.4 is 0 Å². The van der Waals surface area contributed by atoms with E-state index >= 15 is 0 Å². The highest BCUT2D eigenvalue weighted by atomic mass is 15.0. The van der Waals surface area contributed by atoms with Gasteiger partial charge in [0.15, 0.2) is 0 Å². The Kier molecular flexibility index (Phi) is 2.81. The van der Waals surface area contributed by atoms with Gasteiger partial charge in [0.25, 0.3) is 0 Å². The quantitative estimate of drug-likeness (QED) is 0.671. The number of rotatable bonds is 2. The first-order valence-corrected chi connectivity index (χ1v) is 6.34. The zero-order chi connectivity index (χ0) is 13.2. The summed E-state index contributed by atoms with van der Waals surface area (Å²) in [6, 6.07) is 20.8. The number of aromatic nitrogens is 1. The van der Waals surface area contributed by atoms with Crippen molar-refractivity contribution in [1.29, 1.82) is 5.26 Å². The van der Waals surface area contributed by atoms with E-state index in [0.29, 0.717) is 6.42 Å². The van der Waals surface area contributed by atoms with Gasteiger partial charge in [-0.25, -0.2) is 0 Å². The summed E-state index contributed by atoms with van der Waals surface area (Å²) in [5, 5.41) is 10.3.